The number of rotatable bonds is 8. The van der Waals surface area contributed by atoms with Crippen molar-refractivity contribution in [2.24, 2.45) is 5.92 Å². The minimum Gasteiger partial charge on any atom is -0.493 e. The summed E-state index contributed by atoms with van der Waals surface area (Å²) in [5.41, 5.74) is 2.10. The highest BCUT2D eigenvalue weighted by atomic mass is 16.5. The standard InChI is InChI=1S/C30H35NO6/c1-34-27-16-21-14-15-31(29(32)13-12-20-8-4-3-5-9-20)24(23(21)17-28(27)35-2)19-36-26-18-30(33)37-25-11-7-6-10-22(25)26/h6-7,10-11,16-18,20,24H,3-5,8-9,12-15,19H2,1-2H3. The van der Waals surface area contributed by atoms with Gasteiger partial charge in [0.2, 0.25) is 5.91 Å². The van der Waals surface area contributed by atoms with Gasteiger partial charge in [-0.25, -0.2) is 4.79 Å². The Labute approximate surface area is 217 Å². The molecule has 2 aromatic carbocycles. The van der Waals surface area contributed by atoms with Gasteiger partial charge in [-0.05, 0) is 54.2 Å². The largest absolute Gasteiger partial charge is 0.493 e. The molecule has 5 rings (SSSR count). The average molecular weight is 506 g/mol. The van der Waals surface area contributed by atoms with E-state index in [2.05, 4.69) is 0 Å². The number of amides is 1. The van der Waals surface area contributed by atoms with Crippen molar-refractivity contribution in [3.63, 3.8) is 0 Å². The zero-order chi connectivity index (χ0) is 25.8. The predicted octanol–water partition coefficient (Wildman–Crippen LogP) is 5.68. The highest BCUT2D eigenvalue weighted by Gasteiger charge is 2.33. The summed E-state index contributed by atoms with van der Waals surface area (Å²) < 4.78 is 22.7. The minimum absolute atomic E-state index is 0.150. The first-order chi connectivity index (χ1) is 18.1. The maximum absolute atomic E-state index is 13.6. The van der Waals surface area contributed by atoms with Gasteiger partial charge in [0.05, 0.1) is 31.7 Å². The van der Waals surface area contributed by atoms with E-state index in [9.17, 15) is 9.59 Å². The molecule has 1 fully saturated rings. The molecule has 1 aliphatic heterocycles. The summed E-state index contributed by atoms with van der Waals surface area (Å²) in [6.07, 6.45) is 8.52. The fourth-order valence-electron chi connectivity index (χ4n) is 5.82. The number of methoxy groups -OCH3 is 2. The van der Waals surface area contributed by atoms with E-state index in [0.717, 1.165) is 29.4 Å². The fraction of sp³-hybridized carbons (Fsp3) is 0.467. The molecule has 0 N–H and O–H groups in total. The van der Waals surface area contributed by atoms with Crippen molar-refractivity contribution in [2.75, 3.05) is 27.4 Å². The molecule has 0 saturated heterocycles. The van der Waals surface area contributed by atoms with Crippen LogP contribution < -0.4 is 19.8 Å². The molecule has 2 aliphatic rings. The summed E-state index contributed by atoms with van der Waals surface area (Å²) >= 11 is 0. The number of carbonyl (C=O) groups excluding carboxylic acids is 1. The lowest BCUT2D eigenvalue weighted by atomic mass is 9.85. The third-order valence-corrected chi connectivity index (χ3v) is 7.82. The Morgan fingerprint density at radius 1 is 1.00 bits per heavy atom. The van der Waals surface area contributed by atoms with Crippen molar-refractivity contribution in [3.05, 3.63) is 64.0 Å². The molecule has 0 radical (unpaired) electrons. The Balaban J connectivity index is 1.43. The molecular weight excluding hydrogens is 470 g/mol. The van der Waals surface area contributed by atoms with Crippen molar-refractivity contribution in [3.8, 4) is 17.2 Å². The number of benzene rings is 2. The van der Waals surface area contributed by atoms with Crippen LogP contribution in [0.3, 0.4) is 0 Å². The second-order valence-corrected chi connectivity index (χ2v) is 10.0. The van der Waals surface area contributed by atoms with Crippen molar-refractivity contribution < 1.29 is 23.4 Å². The molecule has 1 amide bonds. The number of para-hydroxylation sites is 1. The van der Waals surface area contributed by atoms with Gasteiger partial charge in [-0.3, -0.25) is 4.79 Å². The first-order valence-corrected chi connectivity index (χ1v) is 13.3. The molecular formula is C30H35NO6. The number of hydrogen-bond acceptors (Lipinski definition) is 6. The van der Waals surface area contributed by atoms with E-state index in [1.165, 1.54) is 38.2 Å². The van der Waals surface area contributed by atoms with Crippen LogP contribution in [0.5, 0.6) is 17.2 Å². The zero-order valence-corrected chi connectivity index (χ0v) is 21.7. The Hall–Kier alpha value is -3.48. The van der Waals surface area contributed by atoms with E-state index in [-0.39, 0.29) is 18.6 Å². The maximum atomic E-state index is 13.6. The number of carbonyl (C=O) groups is 1. The molecule has 7 nitrogen and oxygen atoms in total. The summed E-state index contributed by atoms with van der Waals surface area (Å²) in [6, 6.07) is 12.3. The molecule has 37 heavy (non-hydrogen) atoms. The highest BCUT2D eigenvalue weighted by molar-refractivity contribution is 5.83. The lowest BCUT2D eigenvalue weighted by molar-refractivity contribution is -0.135. The van der Waals surface area contributed by atoms with Gasteiger partial charge in [-0.1, -0.05) is 44.2 Å². The monoisotopic (exact) mass is 505 g/mol. The van der Waals surface area contributed by atoms with Gasteiger partial charge in [0.1, 0.15) is 17.9 Å². The smallest absolute Gasteiger partial charge is 0.339 e. The summed E-state index contributed by atoms with van der Waals surface area (Å²) in [5.74, 6) is 2.54. The molecule has 0 spiro atoms. The predicted molar refractivity (Wildman–Crippen MR) is 141 cm³/mol. The molecule has 0 bridgehead atoms. The van der Waals surface area contributed by atoms with Crippen molar-refractivity contribution in [1.82, 2.24) is 4.90 Å². The molecule has 7 heteroatoms. The first kappa shape index (κ1) is 25.2. The van der Waals surface area contributed by atoms with E-state index in [0.29, 0.717) is 41.7 Å². The average Bonchev–Trinajstić information content (AvgIpc) is 2.94. The van der Waals surface area contributed by atoms with Crippen LogP contribution in [-0.2, 0) is 11.2 Å². The second kappa shape index (κ2) is 11.3. The van der Waals surface area contributed by atoms with Gasteiger partial charge in [0.25, 0.3) is 0 Å². The molecule has 1 unspecified atom stereocenters. The zero-order valence-electron chi connectivity index (χ0n) is 21.7. The SMILES string of the molecule is COc1cc2c(cc1OC)C(COc1cc(=O)oc3ccccc13)N(C(=O)CCC1CCCCC1)CC2. The van der Waals surface area contributed by atoms with Gasteiger partial charge in [-0.15, -0.1) is 0 Å². The molecule has 2 heterocycles. The summed E-state index contributed by atoms with van der Waals surface area (Å²) in [6.45, 7) is 0.822. The third kappa shape index (κ3) is 5.45. The quantitative estimate of drug-likeness (QED) is 0.367. The molecule has 3 aromatic rings. The van der Waals surface area contributed by atoms with Gasteiger partial charge in [0.15, 0.2) is 11.5 Å². The van der Waals surface area contributed by atoms with Crippen molar-refractivity contribution >= 4 is 16.9 Å². The normalized spacial score (nSPS) is 17.9. The molecule has 196 valence electrons. The van der Waals surface area contributed by atoms with Crippen LogP contribution in [0.4, 0.5) is 0 Å². The van der Waals surface area contributed by atoms with Crippen LogP contribution in [0, 0.1) is 5.92 Å². The molecule has 1 aromatic heterocycles. The summed E-state index contributed by atoms with van der Waals surface area (Å²) in [4.78, 5) is 27.7. The van der Waals surface area contributed by atoms with Crippen LogP contribution in [0.2, 0.25) is 0 Å². The molecule has 1 saturated carbocycles. The Bertz CT molecular complexity index is 1310. The van der Waals surface area contributed by atoms with E-state index in [1.807, 2.05) is 35.2 Å². The van der Waals surface area contributed by atoms with Gasteiger partial charge in [0, 0.05) is 13.0 Å². The topological polar surface area (TPSA) is 78.2 Å². The van der Waals surface area contributed by atoms with Gasteiger partial charge >= 0.3 is 5.63 Å². The number of ether oxygens (including phenoxy) is 3. The van der Waals surface area contributed by atoms with Crippen molar-refractivity contribution in [2.45, 2.75) is 57.4 Å². The molecule has 1 atom stereocenters. The molecule has 1 aliphatic carbocycles. The number of hydrogen-bond donors (Lipinski definition) is 0. The maximum Gasteiger partial charge on any atom is 0.339 e. The second-order valence-electron chi connectivity index (χ2n) is 10.0. The Morgan fingerprint density at radius 2 is 1.76 bits per heavy atom. The van der Waals surface area contributed by atoms with E-state index in [4.69, 9.17) is 18.6 Å². The lowest BCUT2D eigenvalue weighted by Crippen LogP contribution is -2.42. The van der Waals surface area contributed by atoms with Crippen LogP contribution in [0.1, 0.15) is 62.1 Å². The Kier molecular flexibility index (Phi) is 7.68. The minimum atomic E-state index is -0.468. The fourth-order valence-corrected chi connectivity index (χ4v) is 5.82. The van der Waals surface area contributed by atoms with Crippen LogP contribution >= 0.6 is 0 Å². The van der Waals surface area contributed by atoms with E-state index < -0.39 is 5.63 Å². The highest BCUT2D eigenvalue weighted by Crippen LogP contribution is 2.39. The van der Waals surface area contributed by atoms with Crippen LogP contribution in [0.15, 0.2) is 51.7 Å². The number of nitrogens with zero attached hydrogens (tertiary/aromatic N) is 1. The Morgan fingerprint density at radius 3 is 2.54 bits per heavy atom. The van der Waals surface area contributed by atoms with Gasteiger partial charge in [-0.2, -0.15) is 0 Å². The first-order valence-electron chi connectivity index (χ1n) is 13.3. The van der Waals surface area contributed by atoms with E-state index in [1.54, 1.807) is 20.3 Å². The van der Waals surface area contributed by atoms with E-state index >= 15 is 0 Å². The van der Waals surface area contributed by atoms with Crippen LogP contribution in [0.25, 0.3) is 11.0 Å². The summed E-state index contributed by atoms with van der Waals surface area (Å²) in [7, 11) is 3.24. The summed E-state index contributed by atoms with van der Waals surface area (Å²) in [5, 5.41) is 0.723. The van der Waals surface area contributed by atoms with Crippen molar-refractivity contribution in [1.29, 1.82) is 0 Å². The lowest BCUT2D eigenvalue weighted by Gasteiger charge is -2.38. The van der Waals surface area contributed by atoms with Crippen LogP contribution in [-0.4, -0.2) is 38.2 Å². The third-order valence-electron chi connectivity index (χ3n) is 7.82. The van der Waals surface area contributed by atoms with Gasteiger partial charge < -0.3 is 23.5 Å². The number of fused-ring (bicyclic) bond motifs is 2.